The molecule has 0 bridgehead atoms. The second kappa shape index (κ2) is 6.15. The van der Waals surface area contributed by atoms with Crippen molar-refractivity contribution < 1.29 is 13.2 Å². The van der Waals surface area contributed by atoms with Crippen LogP contribution in [0.3, 0.4) is 0 Å². The maximum absolute atomic E-state index is 12.6. The fourth-order valence-electron chi connectivity index (χ4n) is 2.00. The molecule has 0 radical (unpaired) electrons. The number of hydrogen-bond acceptors (Lipinski definition) is 2. The number of benzene rings is 2. The van der Waals surface area contributed by atoms with Crippen molar-refractivity contribution in [2.45, 2.75) is 6.18 Å². The second-order valence-electron chi connectivity index (χ2n) is 4.74. The summed E-state index contributed by atoms with van der Waals surface area (Å²) in [4.78, 5) is 4.45. The van der Waals surface area contributed by atoms with E-state index in [4.69, 9.17) is 23.2 Å². The molecule has 1 heterocycles. The van der Waals surface area contributed by atoms with Gasteiger partial charge < -0.3 is 0 Å². The Hall–Kier alpha value is -1.56. The number of alkyl halides is 3. The molecule has 0 atom stereocenters. The molecule has 1 aromatic heterocycles. The van der Waals surface area contributed by atoms with E-state index in [-0.39, 0.29) is 0 Å². The predicted molar refractivity (Wildman–Crippen MR) is 88.0 cm³/mol. The summed E-state index contributed by atoms with van der Waals surface area (Å²) in [6.45, 7) is 0. The van der Waals surface area contributed by atoms with Crippen molar-refractivity contribution in [2.75, 3.05) is 0 Å². The first-order chi connectivity index (χ1) is 10.8. The van der Waals surface area contributed by atoms with Gasteiger partial charge in [-0.2, -0.15) is 13.2 Å². The Kier molecular flexibility index (Phi) is 4.36. The van der Waals surface area contributed by atoms with Gasteiger partial charge in [0.1, 0.15) is 5.01 Å². The van der Waals surface area contributed by atoms with Gasteiger partial charge in [0, 0.05) is 16.5 Å². The third-order valence-electron chi connectivity index (χ3n) is 3.18. The van der Waals surface area contributed by atoms with Crippen molar-refractivity contribution in [1.29, 1.82) is 0 Å². The molecule has 0 aliphatic heterocycles. The van der Waals surface area contributed by atoms with Crippen LogP contribution in [0.5, 0.6) is 0 Å². The maximum Gasteiger partial charge on any atom is 0.416 e. The summed E-state index contributed by atoms with van der Waals surface area (Å²) in [5, 5.41) is 3.34. The molecule has 3 rings (SSSR count). The minimum Gasteiger partial charge on any atom is -0.236 e. The van der Waals surface area contributed by atoms with Crippen molar-refractivity contribution in [3.8, 4) is 21.8 Å². The Labute approximate surface area is 144 Å². The van der Waals surface area contributed by atoms with Gasteiger partial charge in [0.05, 0.1) is 21.3 Å². The Bertz CT molecular complexity index is 841. The van der Waals surface area contributed by atoms with E-state index in [0.29, 0.717) is 26.3 Å². The van der Waals surface area contributed by atoms with E-state index in [1.54, 1.807) is 18.2 Å². The molecule has 0 saturated carbocycles. The Morgan fingerprint density at radius 2 is 1.52 bits per heavy atom. The van der Waals surface area contributed by atoms with Crippen LogP contribution in [0.2, 0.25) is 10.0 Å². The van der Waals surface area contributed by atoms with Crippen LogP contribution in [0.15, 0.2) is 47.8 Å². The molecule has 1 nitrogen and oxygen atoms in total. The lowest BCUT2D eigenvalue weighted by Crippen LogP contribution is -2.03. The number of aromatic nitrogens is 1. The molecule has 0 fully saturated rings. The molecule has 0 amide bonds. The molecule has 7 heteroatoms. The zero-order chi connectivity index (χ0) is 16.6. The molecule has 0 aliphatic carbocycles. The van der Waals surface area contributed by atoms with Crippen LogP contribution >= 0.6 is 34.5 Å². The maximum atomic E-state index is 12.6. The predicted octanol–water partition coefficient (Wildman–Crippen LogP) is 6.80. The molecular weight excluding hydrogens is 366 g/mol. The third kappa shape index (κ3) is 3.52. The lowest BCUT2D eigenvalue weighted by molar-refractivity contribution is -0.137. The van der Waals surface area contributed by atoms with Gasteiger partial charge in [-0.1, -0.05) is 41.4 Å². The average Bonchev–Trinajstić information content (AvgIpc) is 2.99. The minimum atomic E-state index is -4.34. The summed E-state index contributed by atoms with van der Waals surface area (Å²) in [5.74, 6) is 0. The first-order valence-electron chi connectivity index (χ1n) is 6.43. The van der Waals surface area contributed by atoms with Gasteiger partial charge in [0.2, 0.25) is 0 Å². The molecule has 0 aliphatic rings. The third-order valence-corrected chi connectivity index (χ3v) is 4.81. The Morgan fingerprint density at radius 3 is 2.13 bits per heavy atom. The fourth-order valence-corrected chi connectivity index (χ4v) is 3.13. The van der Waals surface area contributed by atoms with Crippen LogP contribution in [0.25, 0.3) is 21.8 Å². The average molecular weight is 374 g/mol. The zero-order valence-corrected chi connectivity index (χ0v) is 13.7. The summed E-state index contributed by atoms with van der Waals surface area (Å²) in [6, 6.07) is 10.1. The second-order valence-corrected chi connectivity index (χ2v) is 6.41. The van der Waals surface area contributed by atoms with Gasteiger partial charge in [0.15, 0.2) is 0 Å². The van der Waals surface area contributed by atoms with Crippen LogP contribution in [0.1, 0.15) is 5.56 Å². The highest BCUT2D eigenvalue weighted by Gasteiger charge is 2.30. The smallest absolute Gasteiger partial charge is 0.236 e. The topological polar surface area (TPSA) is 12.9 Å². The minimum absolute atomic E-state index is 0.424. The zero-order valence-electron chi connectivity index (χ0n) is 11.4. The lowest BCUT2D eigenvalue weighted by Gasteiger charge is -2.06. The number of hydrogen-bond donors (Lipinski definition) is 0. The molecule has 0 unspecified atom stereocenters. The highest BCUT2D eigenvalue weighted by molar-refractivity contribution is 7.13. The van der Waals surface area contributed by atoms with Crippen molar-refractivity contribution in [3.05, 3.63) is 63.5 Å². The van der Waals surface area contributed by atoms with Crippen LogP contribution in [-0.4, -0.2) is 4.98 Å². The highest BCUT2D eigenvalue weighted by Crippen LogP contribution is 2.34. The lowest BCUT2D eigenvalue weighted by atomic mass is 10.1. The molecule has 0 N–H and O–H groups in total. The summed E-state index contributed by atoms with van der Waals surface area (Å²) in [5.41, 5.74) is 1.45. The largest absolute Gasteiger partial charge is 0.416 e. The molecule has 118 valence electrons. The van der Waals surface area contributed by atoms with Gasteiger partial charge in [0.25, 0.3) is 0 Å². The Morgan fingerprint density at radius 1 is 0.870 bits per heavy atom. The normalized spacial score (nSPS) is 11.7. The monoisotopic (exact) mass is 373 g/mol. The van der Waals surface area contributed by atoms with Gasteiger partial charge in [-0.3, -0.25) is 0 Å². The molecule has 2 aromatic carbocycles. The summed E-state index contributed by atoms with van der Waals surface area (Å²) < 4.78 is 37.7. The van der Waals surface area contributed by atoms with E-state index in [1.165, 1.54) is 23.5 Å². The molecule has 3 aromatic rings. The summed E-state index contributed by atoms with van der Waals surface area (Å²) in [6.07, 6.45) is -4.34. The summed E-state index contributed by atoms with van der Waals surface area (Å²) >= 11 is 13.2. The molecular formula is C16H8Cl2F3NS. The van der Waals surface area contributed by atoms with Gasteiger partial charge in [-0.15, -0.1) is 11.3 Å². The van der Waals surface area contributed by atoms with Crippen molar-refractivity contribution in [1.82, 2.24) is 4.98 Å². The van der Waals surface area contributed by atoms with E-state index in [0.717, 1.165) is 17.7 Å². The van der Waals surface area contributed by atoms with Crippen LogP contribution in [0.4, 0.5) is 13.2 Å². The standard InChI is InChI=1S/C16H8Cl2F3NS/c17-12-6-3-10(7-13(12)18)14-8-23-15(22-14)9-1-4-11(5-2-9)16(19,20)21/h1-8H. The van der Waals surface area contributed by atoms with Crippen LogP contribution < -0.4 is 0 Å². The molecule has 0 spiro atoms. The van der Waals surface area contributed by atoms with Gasteiger partial charge >= 0.3 is 6.18 Å². The number of nitrogens with zero attached hydrogens (tertiary/aromatic N) is 1. The molecule has 23 heavy (non-hydrogen) atoms. The van der Waals surface area contributed by atoms with Crippen molar-refractivity contribution >= 4 is 34.5 Å². The molecule has 0 saturated heterocycles. The van der Waals surface area contributed by atoms with E-state index in [9.17, 15) is 13.2 Å². The fraction of sp³-hybridized carbons (Fsp3) is 0.0625. The number of thiazole rings is 1. The van der Waals surface area contributed by atoms with Crippen molar-refractivity contribution in [2.24, 2.45) is 0 Å². The van der Waals surface area contributed by atoms with Gasteiger partial charge in [-0.25, -0.2) is 4.98 Å². The van der Waals surface area contributed by atoms with Crippen LogP contribution in [0, 0.1) is 0 Å². The van der Waals surface area contributed by atoms with E-state index in [2.05, 4.69) is 4.98 Å². The Balaban J connectivity index is 1.91. The quantitative estimate of drug-likeness (QED) is 0.481. The van der Waals surface area contributed by atoms with E-state index < -0.39 is 11.7 Å². The van der Waals surface area contributed by atoms with E-state index in [1.807, 2.05) is 5.38 Å². The van der Waals surface area contributed by atoms with Crippen molar-refractivity contribution in [3.63, 3.8) is 0 Å². The SMILES string of the molecule is FC(F)(F)c1ccc(-c2nc(-c3ccc(Cl)c(Cl)c3)cs2)cc1. The van der Waals surface area contributed by atoms with Gasteiger partial charge in [-0.05, 0) is 24.3 Å². The summed E-state index contributed by atoms with van der Waals surface area (Å²) in [7, 11) is 0. The van der Waals surface area contributed by atoms with Crippen LogP contribution in [-0.2, 0) is 6.18 Å². The first kappa shape index (κ1) is 16.3. The highest BCUT2D eigenvalue weighted by atomic mass is 35.5. The van der Waals surface area contributed by atoms with E-state index >= 15 is 0 Å². The number of halogens is 5. The number of rotatable bonds is 2. The first-order valence-corrected chi connectivity index (χ1v) is 8.07.